The maximum Gasteiger partial charge on any atom is 0.0580 e. The Morgan fingerprint density at radius 3 is 2.50 bits per heavy atom. The lowest BCUT2D eigenvalue weighted by molar-refractivity contribution is 0.176. The lowest BCUT2D eigenvalue weighted by Gasteiger charge is -1.97. The molecule has 0 saturated heterocycles. The highest BCUT2D eigenvalue weighted by molar-refractivity contribution is 5.58. The fraction of sp³-hybridized carbons (Fsp3) is 0.385. The van der Waals surface area contributed by atoms with Gasteiger partial charge in [-0.15, -0.1) is 0 Å². The van der Waals surface area contributed by atoms with Crippen LogP contribution in [-0.2, 0) is 0 Å². The van der Waals surface area contributed by atoms with Gasteiger partial charge in [0.05, 0.1) is 6.10 Å². The zero-order chi connectivity index (χ0) is 10.1. The summed E-state index contributed by atoms with van der Waals surface area (Å²) in [5, 5.41) is 9.34. The van der Waals surface area contributed by atoms with Gasteiger partial charge in [0, 0.05) is 5.92 Å². The highest BCUT2D eigenvalue weighted by Crippen LogP contribution is 2.41. The van der Waals surface area contributed by atoms with Gasteiger partial charge in [-0.1, -0.05) is 41.5 Å². The van der Waals surface area contributed by atoms with E-state index in [0.29, 0.717) is 5.92 Å². The monoisotopic (exact) mass is 188 g/mol. The van der Waals surface area contributed by atoms with Crippen LogP contribution in [0.2, 0.25) is 0 Å². The van der Waals surface area contributed by atoms with Gasteiger partial charge in [-0.2, -0.15) is 0 Å². The van der Waals surface area contributed by atoms with Gasteiger partial charge in [-0.05, 0) is 25.8 Å². The molecule has 0 bridgehead atoms. The standard InChI is InChI=1S/C13H16O/c1-9-3-5-11(6-4-9)7-12-8-13(12)10(2)14/h3-7,10,13-14H,8H2,1-2H3/b12-7+. The maximum absolute atomic E-state index is 9.34. The molecule has 0 aliphatic heterocycles. The smallest absolute Gasteiger partial charge is 0.0580 e. The zero-order valence-corrected chi connectivity index (χ0v) is 8.70. The highest BCUT2D eigenvalue weighted by atomic mass is 16.3. The predicted molar refractivity (Wildman–Crippen MR) is 58.9 cm³/mol. The SMILES string of the molecule is Cc1ccc(/C=C2\CC2C(C)O)cc1. The van der Waals surface area contributed by atoms with E-state index in [4.69, 9.17) is 0 Å². The molecule has 2 rings (SSSR count). The molecule has 2 atom stereocenters. The van der Waals surface area contributed by atoms with Crippen LogP contribution < -0.4 is 0 Å². The summed E-state index contributed by atoms with van der Waals surface area (Å²) in [4.78, 5) is 0. The minimum absolute atomic E-state index is 0.188. The quantitative estimate of drug-likeness (QED) is 0.756. The van der Waals surface area contributed by atoms with Crippen molar-refractivity contribution in [2.75, 3.05) is 0 Å². The third-order valence-electron chi connectivity index (χ3n) is 2.78. The van der Waals surface area contributed by atoms with Crippen molar-refractivity contribution in [3.05, 3.63) is 41.0 Å². The molecule has 1 aliphatic rings. The molecule has 1 heteroatoms. The van der Waals surface area contributed by atoms with Gasteiger partial charge < -0.3 is 5.11 Å². The average Bonchev–Trinajstić information content (AvgIpc) is 2.88. The topological polar surface area (TPSA) is 20.2 Å². The molecule has 74 valence electrons. The van der Waals surface area contributed by atoms with Gasteiger partial charge in [0.2, 0.25) is 0 Å². The minimum atomic E-state index is -0.188. The van der Waals surface area contributed by atoms with Crippen LogP contribution in [0.25, 0.3) is 6.08 Å². The van der Waals surface area contributed by atoms with Crippen molar-refractivity contribution in [1.29, 1.82) is 0 Å². The third kappa shape index (κ3) is 2.05. The molecule has 1 saturated carbocycles. The van der Waals surface area contributed by atoms with Crippen molar-refractivity contribution < 1.29 is 5.11 Å². The van der Waals surface area contributed by atoms with Gasteiger partial charge in [-0.25, -0.2) is 0 Å². The van der Waals surface area contributed by atoms with Crippen molar-refractivity contribution in [3.8, 4) is 0 Å². The van der Waals surface area contributed by atoms with E-state index in [2.05, 4.69) is 37.3 Å². The van der Waals surface area contributed by atoms with Gasteiger partial charge >= 0.3 is 0 Å². The van der Waals surface area contributed by atoms with Crippen LogP contribution in [0.15, 0.2) is 29.8 Å². The van der Waals surface area contributed by atoms with Crippen LogP contribution in [0.3, 0.4) is 0 Å². The summed E-state index contributed by atoms with van der Waals surface area (Å²) in [6.07, 6.45) is 3.06. The number of aliphatic hydroxyl groups excluding tert-OH is 1. The zero-order valence-electron chi connectivity index (χ0n) is 8.70. The Labute approximate surface area is 85.1 Å². The summed E-state index contributed by atoms with van der Waals surface area (Å²) in [5.74, 6) is 0.413. The first-order valence-corrected chi connectivity index (χ1v) is 5.12. The molecular weight excluding hydrogens is 172 g/mol. The molecule has 0 aromatic heterocycles. The lowest BCUT2D eigenvalue weighted by Crippen LogP contribution is -2.00. The fourth-order valence-electron chi connectivity index (χ4n) is 1.72. The molecule has 0 spiro atoms. The molecule has 1 nitrogen and oxygen atoms in total. The molecule has 1 aromatic carbocycles. The highest BCUT2D eigenvalue weighted by Gasteiger charge is 2.33. The first-order valence-electron chi connectivity index (χ1n) is 5.12. The number of hydrogen-bond donors (Lipinski definition) is 1. The van der Waals surface area contributed by atoms with Gasteiger partial charge in [-0.3, -0.25) is 0 Å². The summed E-state index contributed by atoms with van der Waals surface area (Å²) < 4.78 is 0. The minimum Gasteiger partial charge on any atom is -0.393 e. The number of aryl methyl sites for hydroxylation is 1. The van der Waals surface area contributed by atoms with E-state index < -0.39 is 0 Å². The summed E-state index contributed by atoms with van der Waals surface area (Å²) in [5.41, 5.74) is 3.91. The fourth-order valence-corrected chi connectivity index (χ4v) is 1.72. The summed E-state index contributed by atoms with van der Waals surface area (Å²) in [7, 11) is 0. The Kier molecular flexibility index (Phi) is 2.42. The van der Waals surface area contributed by atoms with Crippen molar-refractivity contribution in [1.82, 2.24) is 0 Å². The molecule has 1 aliphatic carbocycles. The van der Waals surface area contributed by atoms with Crippen LogP contribution in [0, 0.1) is 12.8 Å². The summed E-state index contributed by atoms with van der Waals surface area (Å²) >= 11 is 0. The number of aliphatic hydroxyl groups is 1. The van der Waals surface area contributed by atoms with E-state index in [1.165, 1.54) is 16.7 Å². The Bertz CT molecular complexity index is 346. The van der Waals surface area contributed by atoms with E-state index in [-0.39, 0.29) is 6.10 Å². The van der Waals surface area contributed by atoms with Crippen molar-refractivity contribution in [3.63, 3.8) is 0 Å². The van der Waals surface area contributed by atoms with Crippen LogP contribution in [0.4, 0.5) is 0 Å². The molecule has 1 fully saturated rings. The van der Waals surface area contributed by atoms with Gasteiger partial charge in [0.1, 0.15) is 0 Å². The van der Waals surface area contributed by atoms with Crippen molar-refractivity contribution in [2.45, 2.75) is 26.4 Å². The first-order chi connectivity index (χ1) is 6.66. The van der Waals surface area contributed by atoms with Crippen molar-refractivity contribution >= 4 is 6.08 Å². The second kappa shape index (κ2) is 3.58. The number of benzene rings is 1. The van der Waals surface area contributed by atoms with Gasteiger partial charge in [0.25, 0.3) is 0 Å². The normalized spacial score (nSPS) is 25.1. The van der Waals surface area contributed by atoms with Crippen LogP contribution in [0.1, 0.15) is 24.5 Å². The van der Waals surface area contributed by atoms with E-state index in [0.717, 1.165) is 6.42 Å². The Morgan fingerprint density at radius 2 is 2.00 bits per heavy atom. The Hall–Kier alpha value is -1.08. The second-order valence-corrected chi connectivity index (χ2v) is 4.18. The number of rotatable bonds is 2. The van der Waals surface area contributed by atoms with Crippen LogP contribution >= 0.6 is 0 Å². The Morgan fingerprint density at radius 1 is 1.36 bits per heavy atom. The first kappa shape index (κ1) is 9.47. The molecular formula is C13H16O. The molecule has 14 heavy (non-hydrogen) atoms. The summed E-state index contributed by atoms with van der Waals surface area (Å²) in [6, 6.07) is 8.48. The van der Waals surface area contributed by atoms with E-state index >= 15 is 0 Å². The lowest BCUT2D eigenvalue weighted by atomic mass is 10.1. The molecule has 2 unspecified atom stereocenters. The maximum atomic E-state index is 9.34. The van der Waals surface area contributed by atoms with Gasteiger partial charge in [0.15, 0.2) is 0 Å². The second-order valence-electron chi connectivity index (χ2n) is 4.18. The van der Waals surface area contributed by atoms with Crippen molar-refractivity contribution in [2.24, 2.45) is 5.92 Å². The molecule has 0 amide bonds. The Balaban J connectivity index is 2.09. The average molecular weight is 188 g/mol. The van der Waals surface area contributed by atoms with E-state index in [1.807, 2.05) is 6.92 Å². The van der Waals surface area contributed by atoms with E-state index in [9.17, 15) is 5.11 Å². The van der Waals surface area contributed by atoms with Crippen LogP contribution in [0.5, 0.6) is 0 Å². The molecule has 1 N–H and O–H groups in total. The van der Waals surface area contributed by atoms with Crippen LogP contribution in [-0.4, -0.2) is 11.2 Å². The third-order valence-corrected chi connectivity index (χ3v) is 2.78. The van der Waals surface area contributed by atoms with E-state index in [1.54, 1.807) is 0 Å². The molecule has 0 heterocycles. The molecule has 1 aromatic rings. The molecule has 0 radical (unpaired) electrons. The predicted octanol–water partition coefficient (Wildman–Crippen LogP) is 2.78. The largest absolute Gasteiger partial charge is 0.393 e. The summed E-state index contributed by atoms with van der Waals surface area (Å²) in [6.45, 7) is 3.95. The number of hydrogen-bond acceptors (Lipinski definition) is 1.